The van der Waals surface area contributed by atoms with Gasteiger partial charge in [-0.25, -0.2) is 4.79 Å². The van der Waals surface area contributed by atoms with E-state index in [4.69, 9.17) is 5.11 Å². The Labute approximate surface area is 65.6 Å². The first-order chi connectivity index (χ1) is 4.95. The van der Waals surface area contributed by atoms with Crippen LogP contribution in [-0.4, -0.2) is 23.0 Å². The number of hydrogen-bond acceptors (Lipinski definition) is 2. The molecule has 0 rings (SSSR count). The number of nitrogens with one attached hydrogen (secondary N) is 1. The molecule has 0 aromatic carbocycles. The molecule has 0 aliphatic carbocycles. The average Bonchev–Trinajstić information content (AvgIpc) is 1.81. The van der Waals surface area contributed by atoms with Crippen LogP contribution in [0.15, 0.2) is 0 Å². The van der Waals surface area contributed by atoms with Gasteiger partial charge in [-0.15, -0.1) is 0 Å². The molecule has 0 saturated carbocycles. The fraction of sp³-hybridized carbons (Fsp3) is 0.714. The van der Waals surface area contributed by atoms with E-state index in [-0.39, 0.29) is 11.8 Å². The van der Waals surface area contributed by atoms with E-state index in [1.165, 1.54) is 6.92 Å². The molecule has 4 heteroatoms. The van der Waals surface area contributed by atoms with Gasteiger partial charge in [-0.3, -0.25) is 4.79 Å². The maximum absolute atomic E-state index is 10.5. The molecule has 0 aromatic heterocycles. The highest BCUT2D eigenvalue weighted by molar-refractivity contribution is 5.82. The van der Waals surface area contributed by atoms with Crippen LogP contribution in [0.25, 0.3) is 0 Å². The Morgan fingerprint density at radius 3 is 1.91 bits per heavy atom. The average molecular weight is 161 g/mol. The number of carbonyl (C=O) groups excluding carboxylic acids is 1. The van der Waals surface area contributed by atoms with E-state index in [2.05, 4.69) is 5.32 Å². The smallest absolute Gasteiger partial charge is 0.326 e. The third-order valence-electron chi connectivity index (χ3n) is 1.29. The number of carboxylic acid groups (broad SMARTS) is 1. The van der Waals surface area contributed by atoms with Gasteiger partial charge in [-0.05, 0) is 5.92 Å². The van der Waals surface area contributed by atoms with Crippen molar-refractivity contribution >= 4 is 11.9 Å². The van der Waals surface area contributed by atoms with E-state index in [1.54, 1.807) is 13.8 Å². The van der Waals surface area contributed by atoms with Gasteiger partial charge in [0.2, 0.25) is 5.91 Å². The first-order valence-corrected chi connectivity index (χ1v) is 3.45. The van der Waals surface area contributed by atoms with Gasteiger partial charge in [-0.1, -0.05) is 13.8 Å². The largest absolute Gasteiger partial charge is 0.480 e. The third kappa shape index (κ3) is 3.60. The molecule has 0 fully saturated rings. The van der Waals surface area contributed by atoms with Crippen LogP contribution in [0.3, 0.4) is 0 Å². The quantitative estimate of drug-likeness (QED) is 0.582. The van der Waals surface area contributed by atoms with Crippen LogP contribution in [0.1, 0.15) is 20.8 Å². The summed E-state index contributed by atoms with van der Waals surface area (Å²) in [5.74, 6) is -1.39. The molecule has 0 radical (unpaired) electrons. The maximum Gasteiger partial charge on any atom is 0.326 e. The van der Waals surface area contributed by atoms with Gasteiger partial charge in [0.25, 0.3) is 0 Å². The van der Waals surface area contributed by atoms with Gasteiger partial charge in [0.15, 0.2) is 0 Å². The summed E-state index contributed by atoms with van der Waals surface area (Å²) in [6.07, 6.45) is 0. The second-order valence-electron chi connectivity index (χ2n) is 2.76. The predicted octanol–water partition coefficient (Wildman–Crippen LogP) is 0.232. The molecule has 4 nitrogen and oxygen atoms in total. The zero-order valence-electron chi connectivity index (χ0n) is 6.92. The van der Waals surface area contributed by atoms with E-state index in [9.17, 15) is 9.59 Å². The molecule has 11 heavy (non-hydrogen) atoms. The Morgan fingerprint density at radius 2 is 1.82 bits per heavy atom. The monoisotopic (exact) mass is 161 g/mol. The van der Waals surface area contributed by atoms with Crippen molar-refractivity contribution in [1.82, 2.24) is 5.32 Å². The van der Waals surface area contributed by atoms with Crippen molar-refractivity contribution in [3.63, 3.8) is 0 Å². The van der Waals surface area contributed by atoms with Crippen LogP contribution in [-0.2, 0) is 9.59 Å². The molecule has 2 N–H and O–H groups in total. The first kappa shape index (κ1) is 9.94. The summed E-state index contributed by atoms with van der Waals surface area (Å²) in [6.45, 7) is 4.79. The second kappa shape index (κ2) is 3.95. The van der Waals surface area contributed by atoms with Crippen molar-refractivity contribution in [2.75, 3.05) is 0 Å². The van der Waals surface area contributed by atoms with E-state index >= 15 is 0 Å². The van der Waals surface area contributed by atoms with E-state index in [0.717, 1.165) is 0 Å². The fourth-order valence-electron chi connectivity index (χ4n) is 0.733. The highest BCUT2D eigenvalue weighted by Crippen LogP contribution is 2.00. The summed E-state index contributed by atoms with van der Waals surface area (Å²) in [7, 11) is 0. The van der Waals surface area contributed by atoms with Crippen LogP contribution in [0, 0.1) is 5.92 Å². The highest BCUT2D eigenvalue weighted by Gasteiger charge is 2.21. The Balaban J connectivity index is 4.12. The lowest BCUT2D eigenvalue weighted by Crippen LogP contribution is -2.43. The minimum absolute atomic E-state index is 0.0867. The topological polar surface area (TPSA) is 66.4 Å². The number of aliphatic carboxylic acids is 1. The van der Waals surface area contributed by atoms with Crippen molar-refractivity contribution in [2.24, 2.45) is 5.92 Å². The first-order valence-electron chi connectivity index (χ1n) is 3.45. The Hall–Kier alpha value is -1.06. The van der Waals surface area contributed by atoms with Crippen LogP contribution in [0.4, 0.5) is 0 Å². The van der Waals surface area contributed by atoms with Crippen molar-refractivity contribution in [3.05, 3.63) is 0 Å². The summed E-state index contributed by atoms with van der Waals surface area (Å²) < 4.78 is 0. The second-order valence-corrected chi connectivity index (χ2v) is 2.76. The number of amides is 1. The molecular weight excluding hydrogens is 148 g/mol. The standard InChI is InChI=1S/C7H13NO3/c1-4(2)6(7(10)11)8-5(3)9/h4,6H,1-3H3,(H,8,9)(H,10,11)/t6-/m0/s1/i6+1,7+1. The number of carbonyl (C=O) groups is 2. The molecule has 0 aliphatic rings. The number of carboxylic acids is 1. The number of hydrogen-bond donors (Lipinski definition) is 2. The summed E-state index contributed by atoms with van der Waals surface area (Å²) >= 11 is 0. The van der Waals surface area contributed by atoms with Crippen LogP contribution < -0.4 is 5.32 Å². The molecular formula is C7H13NO3. The Bertz CT molecular complexity index is 165. The summed E-state index contributed by atoms with van der Waals surface area (Å²) in [4.78, 5) is 21.0. The molecule has 1 amide bonds. The molecule has 1 atom stereocenters. The fourth-order valence-corrected chi connectivity index (χ4v) is 0.733. The Morgan fingerprint density at radius 1 is 1.36 bits per heavy atom. The predicted molar refractivity (Wildman–Crippen MR) is 40.1 cm³/mol. The summed E-state index contributed by atoms with van der Waals surface area (Å²) in [5, 5.41) is 10.9. The van der Waals surface area contributed by atoms with E-state index < -0.39 is 12.0 Å². The van der Waals surface area contributed by atoms with Crippen molar-refractivity contribution in [3.8, 4) is 0 Å². The highest BCUT2D eigenvalue weighted by atomic mass is 16.5. The lowest BCUT2D eigenvalue weighted by Gasteiger charge is -2.16. The molecule has 0 unspecified atom stereocenters. The SMILES string of the molecule is CC(=O)N[13C@@H](C(C)C)[13C](=O)O. The van der Waals surface area contributed by atoms with Crippen LogP contribution in [0.2, 0.25) is 0 Å². The van der Waals surface area contributed by atoms with Gasteiger partial charge < -0.3 is 10.4 Å². The number of rotatable bonds is 3. The lowest BCUT2D eigenvalue weighted by atomic mass is 10.3. The van der Waals surface area contributed by atoms with Crippen LogP contribution >= 0.6 is 0 Å². The molecule has 0 spiro atoms. The van der Waals surface area contributed by atoms with E-state index in [0.29, 0.717) is 0 Å². The van der Waals surface area contributed by atoms with Crippen LogP contribution in [0.5, 0.6) is 0 Å². The van der Waals surface area contributed by atoms with Gasteiger partial charge in [0.05, 0.1) is 0 Å². The van der Waals surface area contributed by atoms with E-state index in [1.807, 2.05) is 0 Å². The minimum Gasteiger partial charge on any atom is -0.480 e. The van der Waals surface area contributed by atoms with Gasteiger partial charge >= 0.3 is 5.97 Å². The molecule has 0 aromatic rings. The van der Waals surface area contributed by atoms with Gasteiger partial charge in [-0.2, -0.15) is 0 Å². The molecule has 0 aliphatic heterocycles. The minimum atomic E-state index is -0.991. The molecule has 0 bridgehead atoms. The van der Waals surface area contributed by atoms with Crippen molar-refractivity contribution in [1.29, 1.82) is 0 Å². The zero-order chi connectivity index (χ0) is 9.02. The third-order valence-corrected chi connectivity index (χ3v) is 1.29. The van der Waals surface area contributed by atoms with Crippen molar-refractivity contribution in [2.45, 2.75) is 26.8 Å². The lowest BCUT2D eigenvalue weighted by molar-refractivity contribution is -0.142. The molecule has 0 saturated heterocycles. The van der Waals surface area contributed by atoms with Gasteiger partial charge in [0, 0.05) is 6.92 Å². The molecule has 0 heterocycles. The maximum atomic E-state index is 10.5. The Kier molecular flexibility index (Phi) is 3.57. The summed E-state index contributed by atoms with van der Waals surface area (Å²) in [5.41, 5.74) is 0. The normalized spacial score (nSPS) is 12.7. The molecule has 64 valence electrons. The zero-order valence-corrected chi connectivity index (χ0v) is 6.92. The van der Waals surface area contributed by atoms with Gasteiger partial charge in [0.1, 0.15) is 6.04 Å². The van der Waals surface area contributed by atoms with Crippen molar-refractivity contribution < 1.29 is 14.7 Å². The summed E-state index contributed by atoms with van der Waals surface area (Å²) in [6, 6.07) is -0.771.